The van der Waals surface area contributed by atoms with Crippen molar-refractivity contribution in [2.75, 3.05) is 0 Å². The maximum Gasteiger partial charge on any atom is 0.301 e. The highest BCUT2D eigenvalue weighted by atomic mass is 79.9. The lowest BCUT2D eigenvalue weighted by molar-refractivity contribution is -0.233. The van der Waals surface area contributed by atoms with Gasteiger partial charge in [-0.15, -0.1) is 0 Å². The highest BCUT2D eigenvalue weighted by Gasteiger charge is 2.10. The van der Waals surface area contributed by atoms with Crippen molar-refractivity contribution in [2.24, 2.45) is 0 Å². The third kappa shape index (κ3) is 1.31. The summed E-state index contributed by atoms with van der Waals surface area (Å²) in [6, 6.07) is 3.40. The molecule has 0 aliphatic heterocycles. The Morgan fingerprint density at radius 1 is 1.78 bits per heavy atom. The molecule has 0 saturated heterocycles. The molecule has 0 aliphatic carbocycles. The predicted octanol–water partition coefficient (Wildman–Crippen LogP) is 1.39. The van der Waals surface area contributed by atoms with Crippen molar-refractivity contribution in [3.05, 3.63) is 21.3 Å². The molecule has 0 N–H and O–H groups in total. The molecule has 1 atom stereocenters. The van der Waals surface area contributed by atoms with Crippen molar-refractivity contribution in [1.82, 2.24) is 0 Å². The van der Waals surface area contributed by atoms with E-state index in [4.69, 9.17) is 0 Å². The monoisotopic (exact) mass is 206 g/mol. The molecule has 0 bridgehead atoms. The number of halogens is 1. The average molecular weight is 207 g/mol. The summed E-state index contributed by atoms with van der Waals surface area (Å²) in [7, 11) is -0.821. The van der Waals surface area contributed by atoms with Crippen LogP contribution in [0.1, 0.15) is 0 Å². The van der Waals surface area contributed by atoms with Crippen molar-refractivity contribution >= 4 is 31.7 Å². The van der Waals surface area contributed by atoms with Crippen LogP contribution in [-0.2, 0) is 0 Å². The fraction of sp³-hybridized carbons (Fsp3) is 0. The van der Waals surface area contributed by atoms with E-state index in [2.05, 4.69) is 15.9 Å². The van der Waals surface area contributed by atoms with Crippen molar-refractivity contribution in [1.29, 1.82) is 0 Å². The van der Waals surface area contributed by atoms with Gasteiger partial charge in [-0.25, -0.2) is 0 Å². The van der Waals surface area contributed by atoms with Crippen molar-refractivity contribution in [2.45, 2.75) is 0 Å². The molecule has 1 aromatic heterocycles. The summed E-state index contributed by atoms with van der Waals surface area (Å²) < 4.78 is 0.683. The molecule has 2 nitrogen and oxygen atoms in total. The minimum Gasteiger partial charge on any atom is -0.500 e. The van der Waals surface area contributed by atoms with E-state index in [1.807, 2.05) is 0 Å². The largest absolute Gasteiger partial charge is 0.500 e. The second kappa shape index (κ2) is 2.49. The van der Waals surface area contributed by atoms with Gasteiger partial charge in [0.25, 0.3) is 0 Å². The molecular weight excluding hydrogens is 204 g/mol. The van der Waals surface area contributed by atoms with Gasteiger partial charge in [-0.2, -0.15) is 0 Å². The topological polar surface area (TPSA) is 40.1 Å². The van der Waals surface area contributed by atoms with Crippen LogP contribution in [0.2, 0.25) is 0 Å². The maximum absolute atomic E-state index is 10.2. The van der Waals surface area contributed by atoms with Gasteiger partial charge in [0.15, 0.2) is 0 Å². The van der Waals surface area contributed by atoms with Crippen molar-refractivity contribution in [3.8, 4) is 0 Å². The van der Waals surface area contributed by atoms with E-state index in [1.54, 1.807) is 17.5 Å². The summed E-state index contributed by atoms with van der Waals surface area (Å²) in [5, 5.41) is 10.8. The summed E-state index contributed by atoms with van der Waals surface area (Å²) in [6.07, 6.45) is 0. The third-order valence-corrected chi connectivity index (χ3v) is 3.49. The number of carbonyl (C=O) groups excluding carboxylic acids is 1. The van der Waals surface area contributed by atoms with E-state index in [-0.39, 0.29) is 0 Å². The minimum atomic E-state index is -1.04. The molecule has 0 amide bonds. The SMILES string of the molecule is O=C([O-])[s+]1cccc1Br. The average Bonchev–Trinajstić information content (AvgIpc) is 2.13. The van der Waals surface area contributed by atoms with Crippen molar-refractivity contribution < 1.29 is 9.90 Å². The van der Waals surface area contributed by atoms with E-state index in [1.165, 1.54) is 0 Å². The van der Waals surface area contributed by atoms with Gasteiger partial charge < -0.3 is 9.90 Å². The smallest absolute Gasteiger partial charge is 0.301 e. The van der Waals surface area contributed by atoms with Crippen LogP contribution in [-0.4, -0.2) is 5.30 Å². The Bertz CT molecular complexity index is 231. The van der Waals surface area contributed by atoms with Gasteiger partial charge in [0.05, 0.1) is 0 Å². The van der Waals surface area contributed by atoms with E-state index in [0.717, 1.165) is 0 Å². The molecule has 0 fully saturated rings. The van der Waals surface area contributed by atoms with Crippen LogP contribution in [0.25, 0.3) is 0 Å². The normalized spacial score (nSPS) is 11.4. The maximum atomic E-state index is 10.2. The third-order valence-electron chi connectivity index (χ3n) is 0.832. The molecule has 0 aliphatic rings. The van der Waals surface area contributed by atoms with Crippen LogP contribution in [0, 0.1) is 0 Å². The van der Waals surface area contributed by atoms with E-state index in [9.17, 15) is 9.90 Å². The number of hydrogen-bond acceptors (Lipinski definition) is 2. The first-order valence-electron chi connectivity index (χ1n) is 2.20. The Kier molecular flexibility index (Phi) is 1.87. The van der Waals surface area contributed by atoms with Crippen LogP contribution >= 0.6 is 26.4 Å². The number of thiophene rings is 1. The predicted molar refractivity (Wildman–Crippen MR) is 37.4 cm³/mol. The Hall–Kier alpha value is -0.350. The molecule has 1 aromatic rings. The summed E-state index contributed by atoms with van der Waals surface area (Å²) in [5.74, 6) is 0. The lowest BCUT2D eigenvalue weighted by atomic mass is 10.7. The van der Waals surface area contributed by atoms with Gasteiger partial charge in [-0.1, -0.05) is 0 Å². The van der Waals surface area contributed by atoms with E-state index in [0.29, 0.717) is 3.79 Å². The first kappa shape index (κ1) is 6.77. The lowest BCUT2D eigenvalue weighted by Crippen LogP contribution is -2.15. The van der Waals surface area contributed by atoms with Crippen LogP contribution in [0.15, 0.2) is 21.3 Å². The summed E-state index contributed by atoms with van der Waals surface area (Å²) >= 11 is 3.10. The second-order valence-corrected chi connectivity index (χ2v) is 4.49. The van der Waals surface area contributed by atoms with E-state index < -0.39 is 15.8 Å². The standard InChI is InChI=1S/C5H3BrO2S/c6-4-2-1-3-9(4)5(7)8/h1-3H. The van der Waals surface area contributed by atoms with Gasteiger partial charge in [0, 0.05) is 32.5 Å². The molecule has 48 valence electrons. The Morgan fingerprint density at radius 2 is 2.44 bits per heavy atom. The zero-order chi connectivity index (χ0) is 6.85. The van der Waals surface area contributed by atoms with Crippen molar-refractivity contribution in [3.63, 3.8) is 0 Å². The Balaban J connectivity index is 3.08. The minimum absolute atomic E-state index is 0.683. The molecule has 1 unspecified atom stereocenters. The molecule has 9 heavy (non-hydrogen) atoms. The van der Waals surface area contributed by atoms with Gasteiger partial charge in [0.2, 0.25) is 3.79 Å². The molecule has 0 spiro atoms. The van der Waals surface area contributed by atoms with Gasteiger partial charge in [-0.05, 0) is 6.07 Å². The number of rotatable bonds is 1. The zero-order valence-corrected chi connectivity index (χ0v) is 6.74. The zero-order valence-electron chi connectivity index (χ0n) is 4.33. The lowest BCUT2D eigenvalue weighted by Gasteiger charge is -1.84. The second-order valence-electron chi connectivity index (χ2n) is 1.39. The Morgan fingerprint density at radius 3 is 2.67 bits per heavy atom. The Labute approximate surface area is 63.2 Å². The molecule has 1 heterocycles. The van der Waals surface area contributed by atoms with Gasteiger partial charge >= 0.3 is 5.30 Å². The first-order chi connectivity index (χ1) is 4.22. The number of hydrogen-bond donors (Lipinski definition) is 0. The van der Waals surface area contributed by atoms with Gasteiger partial charge in [-0.3, -0.25) is 0 Å². The summed E-state index contributed by atoms with van der Waals surface area (Å²) in [5.41, 5.74) is 0. The molecule has 4 heteroatoms. The molecule has 0 aromatic carbocycles. The first-order valence-corrected chi connectivity index (χ1v) is 4.28. The number of carbonyl (C=O) groups is 1. The fourth-order valence-electron chi connectivity index (χ4n) is 0.467. The number of carboxylic acid groups (broad SMARTS) is 1. The van der Waals surface area contributed by atoms with Crippen LogP contribution in [0.3, 0.4) is 0 Å². The molecule has 0 saturated carbocycles. The molecule has 0 radical (unpaired) electrons. The fourth-order valence-corrected chi connectivity index (χ4v) is 2.20. The van der Waals surface area contributed by atoms with Crippen LogP contribution in [0.4, 0.5) is 4.79 Å². The quantitative estimate of drug-likeness (QED) is 0.652. The highest BCUT2D eigenvalue weighted by molar-refractivity contribution is 9.11. The molecule has 1 rings (SSSR count). The summed E-state index contributed by atoms with van der Waals surface area (Å²) in [6.45, 7) is 0. The van der Waals surface area contributed by atoms with Crippen LogP contribution in [0.5, 0.6) is 0 Å². The van der Waals surface area contributed by atoms with Crippen LogP contribution < -0.4 is 5.11 Å². The summed E-state index contributed by atoms with van der Waals surface area (Å²) in [4.78, 5) is 10.2. The highest BCUT2D eigenvalue weighted by Crippen LogP contribution is 2.28. The molecular formula is C5H3BrO2S. The van der Waals surface area contributed by atoms with Gasteiger partial charge in [0.1, 0.15) is 5.38 Å². The van der Waals surface area contributed by atoms with E-state index >= 15 is 0 Å².